The Morgan fingerprint density at radius 2 is 2.31 bits per heavy atom. The Morgan fingerprint density at radius 1 is 1.46 bits per heavy atom. The fraction of sp³-hybridized carbons (Fsp3) is 0.455. The lowest BCUT2D eigenvalue weighted by molar-refractivity contribution is 0.364. The highest BCUT2D eigenvalue weighted by Crippen LogP contribution is 2.22. The van der Waals surface area contributed by atoms with Crippen molar-refractivity contribution in [2.75, 3.05) is 18.0 Å². The molecule has 2 heteroatoms. The Hall–Kier alpha value is -1.05. The normalized spacial score (nSPS) is 22.3. The molecule has 1 aliphatic heterocycles. The minimum absolute atomic E-state index is 0.559. The second kappa shape index (κ2) is 3.36. The SMILES string of the molecule is Cc1cccc(N2CC[C@H](F)C2)c1. The maximum Gasteiger partial charge on any atom is 0.119 e. The average molecular weight is 179 g/mol. The molecule has 1 heterocycles. The van der Waals surface area contributed by atoms with Crippen molar-refractivity contribution in [3.8, 4) is 0 Å². The average Bonchev–Trinajstić information content (AvgIpc) is 2.52. The Kier molecular flexibility index (Phi) is 2.21. The summed E-state index contributed by atoms with van der Waals surface area (Å²) in [6.07, 6.45) is 0.0361. The molecule has 0 saturated carbocycles. The lowest BCUT2D eigenvalue weighted by atomic mass is 10.2. The van der Waals surface area contributed by atoms with Gasteiger partial charge in [0.15, 0.2) is 0 Å². The number of nitrogens with zero attached hydrogens (tertiary/aromatic N) is 1. The van der Waals surface area contributed by atoms with E-state index in [1.54, 1.807) is 0 Å². The maximum atomic E-state index is 12.9. The van der Waals surface area contributed by atoms with Crippen molar-refractivity contribution in [3.05, 3.63) is 29.8 Å². The predicted molar refractivity (Wildman–Crippen MR) is 52.9 cm³/mol. The van der Waals surface area contributed by atoms with Crippen molar-refractivity contribution >= 4 is 5.69 Å². The van der Waals surface area contributed by atoms with E-state index in [4.69, 9.17) is 0 Å². The first-order valence-electron chi connectivity index (χ1n) is 4.71. The maximum absolute atomic E-state index is 12.9. The third-order valence-electron chi connectivity index (χ3n) is 2.50. The first-order valence-corrected chi connectivity index (χ1v) is 4.71. The van der Waals surface area contributed by atoms with Crippen LogP contribution >= 0.6 is 0 Å². The zero-order valence-electron chi connectivity index (χ0n) is 7.83. The summed E-state index contributed by atoms with van der Waals surface area (Å²) in [7, 11) is 0. The van der Waals surface area contributed by atoms with Crippen LogP contribution in [0.25, 0.3) is 0 Å². The summed E-state index contributed by atoms with van der Waals surface area (Å²) in [5.74, 6) is 0. The molecule has 0 spiro atoms. The minimum Gasteiger partial charge on any atom is -0.369 e. The van der Waals surface area contributed by atoms with Crippen LogP contribution in [0, 0.1) is 6.92 Å². The monoisotopic (exact) mass is 179 g/mol. The smallest absolute Gasteiger partial charge is 0.119 e. The summed E-state index contributed by atoms with van der Waals surface area (Å²) < 4.78 is 12.9. The molecule has 0 aromatic heterocycles. The van der Waals surface area contributed by atoms with E-state index in [1.807, 2.05) is 12.1 Å². The van der Waals surface area contributed by atoms with Crippen LogP contribution in [0.5, 0.6) is 0 Å². The molecule has 1 fully saturated rings. The van der Waals surface area contributed by atoms with Crippen molar-refractivity contribution in [2.45, 2.75) is 19.5 Å². The number of hydrogen-bond donors (Lipinski definition) is 0. The zero-order chi connectivity index (χ0) is 9.26. The Labute approximate surface area is 78.2 Å². The van der Waals surface area contributed by atoms with Gasteiger partial charge in [-0.05, 0) is 31.0 Å². The zero-order valence-corrected chi connectivity index (χ0v) is 7.83. The number of halogens is 1. The summed E-state index contributed by atoms with van der Waals surface area (Å²) in [4.78, 5) is 2.11. The fourth-order valence-corrected chi connectivity index (χ4v) is 1.78. The molecule has 1 aromatic rings. The van der Waals surface area contributed by atoms with Crippen LogP contribution < -0.4 is 4.90 Å². The molecule has 0 unspecified atom stereocenters. The standard InChI is InChI=1S/C11H14FN/c1-9-3-2-4-11(7-9)13-6-5-10(12)8-13/h2-4,7,10H,5-6,8H2,1H3/t10-/m0/s1. The second-order valence-electron chi connectivity index (χ2n) is 3.67. The molecule has 1 atom stereocenters. The lowest BCUT2D eigenvalue weighted by Crippen LogP contribution is -2.19. The summed E-state index contributed by atoms with van der Waals surface area (Å²) >= 11 is 0. The number of hydrogen-bond acceptors (Lipinski definition) is 1. The van der Waals surface area contributed by atoms with Gasteiger partial charge in [-0.3, -0.25) is 0 Å². The largest absolute Gasteiger partial charge is 0.369 e. The third-order valence-corrected chi connectivity index (χ3v) is 2.50. The van der Waals surface area contributed by atoms with Gasteiger partial charge in [0.05, 0.1) is 0 Å². The quantitative estimate of drug-likeness (QED) is 0.640. The molecule has 0 aliphatic carbocycles. The fourth-order valence-electron chi connectivity index (χ4n) is 1.78. The molecule has 1 aliphatic rings. The topological polar surface area (TPSA) is 3.24 Å². The van der Waals surface area contributed by atoms with Gasteiger partial charge in [-0.1, -0.05) is 12.1 Å². The second-order valence-corrected chi connectivity index (χ2v) is 3.67. The molecule has 2 rings (SSSR count). The van der Waals surface area contributed by atoms with Gasteiger partial charge in [0.2, 0.25) is 0 Å². The minimum atomic E-state index is -0.638. The van der Waals surface area contributed by atoms with Crippen molar-refractivity contribution in [2.24, 2.45) is 0 Å². The number of anilines is 1. The van der Waals surface area contributed by atoms with Gasteiger partial charge in [0.1, 0.15) is 6.17 Å². The van der Waals surface area contributed by atoms with E-state index in [0.29, 0.717) is 13.0 Å². The molecule has 1 saturated heterocycles. The van der Waals surface area contributed by atoms with Gasteiger partial charge in [-0.25, -0.2) is 4.39 Å². The Balaban J connectivity index is 2.16. The third kappa shape index (κ3) is 1.82. The summed E-state index contributed by atoms with van der Waals surface area (Å²) in [6, 6.07) is 8.24. The summed E-state index contributed by atoms with van der Waals surface area (Å²) in [5.41, 5.74) is 2.39. The molecular formula is C11H14FN. The number of rotatable bonds is 1. The Bertz CT molecular complexity index is 298. The number of alkyl halides is 1. The molecule has 1 aromatic carbocycles. The molecule has 0 bridgehead atoms. The van der Waals surface area contributed by atoms with Gasteiger partial charge in [0, 0.05) is 18.8 Å². The molecule has 0 amide bonds. The molecular weight excluding hydrogens is 165 g/mol. The molecule has 0 N–H and O–H groups in total. The van der Waals surface area contributed by atoms with Crippen LogP contribution in [0.4, 0.5) is 10.1 Å². The molecule has 1 nitrogen and oxygen atoms in total. The summed E-state index contributed by atoms with van der Waals surface area (Å²) in [5, 5.41) is 0. The van der Waals surface area contributed by atoms with E-state index in [-0.39, 0.29) is 0 Å². The lowest BCUT2D eigenvalue weighted by Gasteiger charge is -2.17. The first-order chi connectivity index (χ1) is 6.25. The van der Waals surface area contributed by atoms with E-state index in [9.17, 15) is 4.39 Å². The van der Waals surface area contributed by atoms with E-state index in [1.165, 1.54) is 5.56 Å². The van der Waals surface area contributed by atoms with Crippen LogP contribution in [-0.4, -0.2) is 19.3 Å². The molecule has 70 valence electrons. The summed E-state index contributed by atoms with van der Waals surface area (Å²) in [6.45, 7) is 3.47. The van der Waals surface area contributed by atoms with Crippen LogP contribution in [-0.2, 0) is 0 Å². The van der Waals surface area contributed by atoms with Crippen LogP contribution in [0.1, 0.15) is 12.0 Å². The highest BCUT2D eigenvalue weighted by atomic mass is 19.1. The van der Waals surface area contributed by atoms with Crippen molar-refractivity contribution in [1.82, 2.24) is 0 Å². The highest BCUT2D eigenvalue weighted by molar-refractivity contribution is 5.49. The highest BCUT2D eigenvalue weighted by Gasteiger charge is 2.21. The Morgan fingerprint density at radius 3 is 2.92 bits per heavy atom. The molecule has 0 radical (unpaired) electrons. The number of benzene rings is 1. The molecule has 13 heavy (non-hydrogen) atoms. The van der Waals surface area contributed by atoms with Gasteiger partial charge in [-0.15, -0.1) is 0 Å². The van der Waals surface area contributed by atoms with E-state index in [2.05, 4.69) is 24.0 Å². The van der Waals surface area contributed by atoms with Crippen molar-refractivity contribution in [3.63, 3.8) is 0 Å². The van der Waals surface area contributed by atoms with Gasteiger partial charge < -0.3 is 4.90 Å². The van der Waals surface area contributed by atoms with E-state index >= 15 is 0 Å². The number of aryl methyl sites for hydroxylation is 1. The van der Waals surface area contributed by atoms with Gasteiger partial charge in [0.25, 0.3) is 0 Å². The van der Waals surface area contributed by atoms with Gasteiger partial charge in [-0.2, -0.15) is 0 Å². The van der Waals surface area contributed by atoms with Gasteiger partial charge >= 0.3 is 0 Å². The van der Waals surface area contributed by atoms with Crippen LogP contribution in [0.15, 0.2) is 24.3 Å². The van der Waals surface area contributed by atoms with Crippen molar-refractivity contribution in [1.29, 1.82) is 0 Å². The van der Waals surface area contributed by atoms with Crippen LogP contribution in [0.3, 0.4) is 0 Å². The van der Waals surface area contributed by atoms with E-state index < -0.39 is 6.17 Å². The van der Waals surface area contributed by atoms with Crippen molar-refractivity contribution < 1.29 is 4.39 Å². The predicted octanol–water partition coefficient (Wildman–Crippen LogP) is 2.54. The van der Waals surface area contributed by atoms with E-state index in [0.717, 1.165) is 12.2 Å². The van der Waals surface area contributed by atoms with Crippen LogP contribution in [0.2, 0.25) is 0 Å². The first kappa shape index (κ1) is 8.54.